The lowest BCUT2D eigenvalue weighted by atomic mass is 10.0. The van der Waals surface area contributed by atoms with Gasteiger partial charge in [-0.2, -0.15) is 0 Å². The zero-order valence-electron chi connectivity index (χ0n) is 41.3. The van der Waals surface area contributed by atoms with Crippen LogP contribution in [0.1, 0.15) is 252 Å². The molecule has 0 aromatic carbocycles. The van der Waals surface area contributed by atoms with E-state index in [9.17, 15) is 14.4 Å². The maximum Gasteiger partial charge on any atom is 0.306 e. The second kappa shape index (κ2) is 51.5. The van der Waals surface area contributed by atoms with Crippen molar-refractivity contribution in [2.45, 2.75) is 258 Å². The van der Waals surface area contributed by atoms with Crippen molar-refractivity contribution in [1.82, 2.24) is 0 Å². The van der Waals surface area contributed by atoms with Gasteiger partial charge >= 0.3 is 17.9 Å². The van der Waals surface area contributed by atoms with Crippen LogP contribution >= 0.6 is 0 Å². The van der Waals surface area contributed by atoms with Gasteiger partial charge in [0.05, 0.1) is 0 Å². The molecule has 0 spiro atoms. The third-order valence-corrected chi connectivity index (χ3v) is 11.2. The number of esters is 3. The van der Waals surface area contributed by atoms with E-state index in [1.54, 1.807) is 0 Å². The fourth-order valence-corrected chi connectivity index (χ4v) is 7.24. The van der Waals surface area contributed by atoms with Gasteiger partial charge in [0.2, 0.25) is 0 Å². The Morgan fingerprint density at radius 3 is 1.05 bits per heavy atom. The first-order valence-electron chi connectivity index (χ1n) is 26.4. The molecule has 0 N–H and O–H groups in total. The molecule has 0 aliphatic rings. The normalized spacial score (nSPS) is 12.6. The molecule has 1 atom stereocenters. The second-order valence-electron chi connectivity index (χ2n) is 17.4. The molecule has 0 saturated carbocycles. The average Bonchev–Trinajstić information content (AvgIpc) is 3.28. The van der Waals surface area contributed by atoms with Gasteiger partial charge in [-0.05, 0) is 83.5 Å². The van der Waals surface area contributed by atoms with E-state index in [-0.39, 0.29) is 37.5 Å². The summed E-state index contributed by atoms with van der Waals surface area (Å²) >= 11 is 0. The Labute approximate surface area is 389 Å². The molecule has 0 bridgehead atoms. The number of hydrogen-bond acceptors (Lipinski definition) is 6. The molecule has 362 valence electrons. The first-order chi connectivity index (χ1) is 31.0. The Morgan fingerprint density at radius 1 is 0.333 bits per heavy atom. The fraction of sp³-hybridized carbons (Fsp3) is 0.737. The van der Waals surface area contributed by atoms with Crippen LogP contribution in [0.15, 0.2) is 72.9 Å². The van der Waals surface area contributed by atoms with E-state index < -0.39 is 6.10 Å². The van der Waals surface area contributed by atoms with E-state index in [0.717, 1.165) is 83.5 Å². The van der Waals surface area contributed by atoms with Crippen LogP contribution in [0.5, 0.6) is 0 Å². The van der Waals surface area contributed by atoms with E-state index >= 15 is 0 Å². The molecular formula is C57H98O6. The highest BCUT2D eigenvalue weighted by Gasteiger charge is 2.19. The Kier molecular flexibility index (Phi) is 48.9. The summed E-state index contributed by atoms with van der Waals surface area (Å²) in [5.41, 5.74) is 0. The largest absolute Gasteiger partial charge is 0.462 e. The molecule has 0 heterocycles. The second-order valence-corrected chi connectivity index (χ2v) is 17.4. The first kappa shape index (κ1) is 59.9. The van der Waals surface area contributed by atoms with Gasteiger partial charge in [0.1, 0.15) is 13.2 Å². The van der Waals surface area contributed by atoms with Gasteiger partial charge in [0, 0.05) is 19.3 Å². The van der Waals surface area contributed by atoms with E-state index in [2.05, 4.69) is 93.7 Å². The van der Waals surface area contributed by atoms with Crippen LogP contribution in [0.3, 0.4) is 0 Å². The van der Waals surface area contributed by atoms with Crippen molar-refractivity contribution in [1.29, 1.82) is 0 Å². The Bertz CT molecular complexity index is 1190. The summed E-state index contributed by atoms with van der Waals surface area (Å²) in [6, 6.07) is 0. The summed E-state index contributed by atoms with van der Waals surface area (Å²) in [4.78, 5) is 38.0. The monoisotopic (exact) mass is 879 g/mol. The topological polar surface area (TPSA) is 78.9 Å². The van der Waals surface area contributed by atoms with E-state index in [1.165, 1.54) is 122 Å². The minimum absolute atomic E-state index is 0.0987. The highest BCUT2D eigenvalue weighted by atomic mass is 16.6. The van der Waals surface area contributed by atoms with Crippen LogP contribution < -0.4 is 0 Å². The molecular weight excluding hydrogens is 781 g/mol. The number of hydrogen-bond donors (Lipinski definition) is 0. The lowest BCUT2D eigenvalue weighted by Gasteiger charge is -2.18. The van der Waals surface area contributed by atoms with Gasteiger partial charge in [-0.15, -0.1) is 0 Å². The lowest BCUT2D eigenvalue weighted by molar-refractivity contribution is -0.167. The van der Waals surface area contributed by atoms with Crippen LogP contribution in [0.25, 0.3) is 0 Å². The summed E-state index contributed by atoms with van der Waals surface area (Å²) in [6.07, 6.45) is 64.6. The Morgan fingerprint density at radius 2 is 0.635 bits per heavy atom. The number of allylic oxidation sites excluding steroid dienone is 12. The highest BCUT2D eigenvalue weighted by Crippen LogP contribution is 2.15. The number of carbonyl (C=O) groups excluding carboxylic acids is 3. The SMILES string of the molecule is CC/C=C\C/C=C\C/C=C\C/C=C\C/C=C\CCCC(=O)O[C@H](COC(=O)CCCCCCC/C=C\CCCCCC)COC(=O)CCCCCCCCCCCCCCCCC. The van der Waals surface area contributed by atoms with E-state index in [1.807, 2.05) is 0 Å². The molecule has 0 aromatic rings. The molecule has 6 nitrogen and oxygen atoms in total. The van der Waals surface area contributed by atoms with Gasteiger partial charge in [0.15, 0.2) is 6.10 Å². The summed E-state index contributed by atoms with van der Waals surface area (Å²) in [7, 11) is 0. The van der Waals surface area contributed by atoms with Crippen molar-refractivity contribution in [3.05, 3.63) is 72.9 Å². The predicted molar refractivity (Wildman–Crippen MR) is 270 cm³/mol. The number of rotatable bonds is 47. The third-order valence-electron chi connectivity index (χ3n) is 11.2. The van der Waals surface area contributed by atoms with Crippen molar-refractivity contribution in [2.24, 2.45) is 0 Å². The highest BCUT2D eigenvalue weighted by molar-refractivity contribution is 5.71. The molecule has 0 saturated heterocycles. The number of ether oxygens (including phenoxy) is 3. The molecule has 0 amide bonds. The summed E-state index contributed by atoms with van der Waals surface area (Å²) in [5.74, 6) is -0.962. The van der Waals surface area contributed by atoms with Crippen molar-refractivity contribution in [3.8, 4) is 0 Å². The molecule has 0 radical (unpaired) electrons. The van der Waals surface area contributed by atoms with Crippen LogP contribution in [0.4, 0.5) is 0 Å². The zero-order chi connectivity index (χ0) is 45.8. The minimum Gasteiger partial charge on any atom is -0.462 e. The average molecular weight is 879 g/mol. The van der Waals surface area contributed by atoms with Gasteiger partial charge in [0.25, 0.3) is 0 Å². The molecule has 6 heteroatoms. The third kappa shape index (κ3) is 49.7. The van der Waals surface area contributed by atoms with Crippen LogP contribution in [0, 0.1) is 0 Å². The van der Waals surface area contributed by atoms with Crippen molar-refractivity contribution >= 4 is 17.9 Å². The smallest absolute Gasteiger partial charge is 0.306 e. The first-order valence-corrected chi connectivity index (χ1v) is 26.4. The Balaban J connectivity index is 4.48. The van der Waals surface area contributed by atoms with E-state index in [4.69, 9.17) is 14.2 Å². The van der Waals surface area contributed by atoms with Crippen molar-refractivity contribution < 1.29 is 28.6 Å². The zero-order valence-corrected chi connectivity index (χ0v) is 41.3. The fourth-order valence-electron chi connectivity index (χ4n) is 7.24. The number of carbonyl (C=O) groups is 3. The van der Waals surface area contributed by atoms with Crippen LogP contribution in [-0.2, 0) is 28.6 Å². The number of unbranched alkanes of at least 4 members (excludes halogenated alkanes) is 24. The van der Waals surface area contributed by atoms with Crippen LogP contribution in [-0.4, -0.2) is 37.2 Å². The summed E-state index contributed by atoms with van der Waals surface area (Å²) < 4.78 is 16.8. The quantitative estimate of drug-likeness (QED) is 0.0262. The maximum atomic E-state index is 12.8. The lowest BCUT2D eigenvalue weighted by Crippen LogP contribution is -2.30. The molecule has 0 aliphatic carbocycles. The predicted octanol–water partition coefficient (Wildman–Crippen LogP) is 17.4. The van der Waals surface area contributed by atoms with Crippen molar-refractivity contribution in [3.63, 3.8) is 0 Å². The maximum absolute atomic E-state index is 12.8. The van der Waals surface area contributed by atoms with Gasteiger partial charge < -0.3 is 14.2 Å². The van der Waals surface area contributed by atoms with Gasteiger partial charge in [-0.25, -0.2) is 0 Å². The van der Waals surface area contributed by atoms with Crippen LogP contribution in [0.2, 0.25) is 0 Å². The molecule has 0 unspecified atom stereocenters. The Hall–Kier alpha value is -3.15. The molecule has 0 fully saturated rings. The van der Waals surface area contributed by atoms with E-state index in [0.29, 0.717) is 19.3 Å². The standard InChI is InChI=1S/C57H98O6/c1-4-7-10-13-16-19-22-25-27-28-30-33-36-39-42-45-48-51-57(60)63-54(52-61-55(58)49-46-43-40-37-34-31-24-21-18-15-12-9-6-3)53-62-56(59)50-47-44-41-38-35-32-29-26-23-20-17-14-11-8-5-2/h7,10,16,19,21,24-25,27,30,33,39,42,54H,4-6,8-9,11-15,17-18,20,22-23,26,28-29,31-32,34-38,40-41,43-53H2,1-3H3/b10-7-,19-16-,24-21-,27-25-,33-30-,42-39-/t54-/m1/s1. The molecule has 0 rings (SSSR count). The minimum atomic E-state index is -0.806. The van der Waals surface area contributed by atoms with Gasteiger partial charge in [-0.3, -0.25) is 14.4 Å². The van der Waals surface area contributed by atoms with Gasteiger partial charge in [-0.1, -0.05) is 222 Å². The van der Waals surface area contributed by atoms with Crippen molar-refractivity contribution in [2.75, 3.05) is 13.2 Å². The molecule has 0 aliphatic heterocycles. The summed E-state index contributed by atoms with van der Waals surface area (Å²) in [5, 5.41) is 0. The molecule has 0 aromatic heterocycles. The summed E-state index contributed by atoms with van der Waals surface area (Å²) in [6.45, 7) is 6.46. The molecule has 63 heavy (non-hydrogen) atoms.